The minimum absolute atomic E-state index is 0.0148. The normalized spacial score (nSPS) is 20.4. The van der Waals surface area contributed by atoms with Crippen LogP contribution in [0.4, 0.5) is 0 Å². The Morgan fingerprint density at radius 3 is 2.20 bits per heavy atom. The maximum Gasteiger partial charge on any atom is 0.338 e. The van der Waals surface area contributed by atoms with Crippen LogP contribution in [-0.2, 0) is 19.6 Å². The molecule has 1 fully saturated rings. The second-order valence-corrected chi connectivity index (χ2v) is 10.8. The Kier molecular flexibility index (Phi) is 8.05. The van der Waals surface area contributed by atoms with Crippen molar-refractivity contribution in [3.05, 3.63) is 29.8 Å². The first-order chi connectivity index (χ1) is 13.9. The Labute approximate surface area is 180 Å². The number of hydrogen-bond donors (Lipinski definition) is 0. The number of nitrogens with zero attached hydrogens (tertiary/aromatic N) is 2. The fraction of sp³-hybridized carbons (Fsp3) is 0.636. The van der Waals surface area contributed by atoms with E-state index in [9.17, 15) is 18.0 Å². The van der Waals surface area contributed by atoms with Gasteiger partial charge in [-0.05, 0) is 64.2 Å². The third-order valence-electron chi connectivity index (χ3n) is 5.27. The first-order valence-electron chi connectivity index (χ1n) is 10.5. The van der Waals surface area contributed by atoms with Crippen LogP contribution in [0.3, 0.4) is 0 Å². The molecule has 0 N–H and O–H groups in total. The number of piperidine rings is 1. The largest absolute Gasteiger partial charge is 0.452 e. The van der Waals surface area contributed by atoms with Crippen LogP contribution in [0.25, 0.3) is 0 Å². The van der Waals surface area contributed by atoms with Crippen molar-refractivity contribution in [3.8, 4) is 0 Å². The average molecular weight is 439 g/mol. The molecule has 1 aromatic carbocycles. The summed E-state index contributed by atoms with van der Waals surface area (Å²) in [6.45, 7) is 12.2. The van der Waals surface area contributed by atoms with E-state index < -0.39 is 16.0 Å². The zero-order chi connectivity index (χ0) is 22.6. The number of esters is 1. The van der Waals surface area contributed by atoms with Crippen LogP contribution < -0.4 is 0 Å². The van der Waals surface area contributed by atoms with E-state index in [-0.39, 0.29) is 46.9 Å². The molecule has 1 aliphatic heterocycles. The summed E-state index contributed by atoms with van der Waals surface area (Å²) in [5, 5.41) is 0. The standard InChI is InChI=1S/C22H34N2O5S/c1-15(2)24(16(3)4)21(25)14-29-22(26)19-8-7-9-20(11-19)30(27,28)23-12-17(5)10-18(6)13-23/h7-9,11,15-18H,10,12-14H2,1-6H3. The van der Waals surface area contributed by atoms with E-state index in [1.807, 2.05) is 41.5 Å². The lowest BCUT2D eigenvalue weighted by molar-refractivity contribution is -0.138. The van der Waals surface area contributed by atoms with E-state index in [0.29, 0.717) is 13.1 Å². The van der Waals surface area contributed by atoms with Gasteiger partial charge >= 0.3 is 5.97 Å². The Hall–Kier alpha value is -1.93. The van der Waals surface area contributed by atoms with Gasteiger partial charge in [0.25, 0.3) is 5.91 Å². The number of carbonyl (C=O) groups is 2. The molecule has 2 unspecified atom stereocenters. The zero-order valence-electron chi connectivity index (χ0n) is 18.8. The second-order valence-electron chi connectivity index (χ2n) is 8.86. The number of carbonyl (C=O) groups excluding carboxylic acids is 2. The van der Waals surface area contributed by atoms with Crippen molar-refractivity contribution in [1.29, 1.82) is 0 Å². The highest BCUT2D eigenvalue weighted by molar-refractivity contribution is 7.89. The maximum atomic E-state index is 13.1. The summed E-state index contributed by atoms with van der Waals surface area (Å²) in [5.74, 6) is -0.429. The van der Waals surface area contributed by atoms with Crippen molar-refractivity contribution in [1.82, 2.24) is 9.21 Å². The molecule has 7 nitrogen and oxygen atoms in total. The Balaban J connectivity index is 2.12. The van der Waals surface area contributed by atoms with E-state index in [4.69, 9.17) is 4.74 Å². The molecule has 0 radical (unpaired) electrons. The van der Waals surface area contributed by atoms with Crippen LogP contribution in [0.15, 0.2) is 29.2 Å². The lowest BCUT2D eigenvalue weighted by Crippen LogP contribution is -2.44. The highest BCUT2D eigenvalue weighted by Gasteiger charge is 2.32. The first kappa shape index (κ1) is 24.3. The summed E-state index contributed by atoms with van der Waals surface area (Å²) in [6, 6.07) is 5.81. The van der Waals surface area contributed by atoms with Crippen LogP contribution >= 0.6 is 0 Å². The molecular weight excluding hydrogens is 404 g/mol. The van der Waals surface area contributed by atoms with Crippen molar-refractivity contribution in [2.24, 2.45) is 11.8 Å². The second kappa shape index (κ2) is 9.92. The summed E-state index contributed by atoms with van der Waals surface area (Å²) in [5.41, 5.74) is 0.114. The quantitative estimate of drug-likeness (QED) is 0.611. The summed E-state index contributed by atoms with van der Waals surface area (Å²) < 4.78 is 32.8. The minimum Gasteiger partial charge on any atom is -0.452 e. The summed E-state index contributed by atoms with van der Waals surface area (Å²) >= 11 is 0. The number of ether oxygens (including phenoxy) is 1. The molecule has 1 amide bonds. The molecule has 0 spiro atoms. The minimum atomic E-state index is -3.70. The molecule has 0 aromatic heterocycles. The number of amides is 1. The van der Waals surface area contributed by atoms with Gasteiger partial charge < -0.3 is 9.64 Å². The molecular formula is C22H34N2O5S. The SMILES string of the molecule is CC1CC(C)CN(S(=O)(=O)c2cccc(C(=O)OCC(=O)N(C(C)C)C(C)C)c2)C1. The van der Waals surface area contributed by atoms with E-state index in [0.717, 1.165) is 6.42 Å². The fourth-order valence-corrected chi connectivity index (χ4v) is 5.92. The van der Waals surface area contributed by atoms with Gasteiger partial charge in [0.2, 0.25) is 10.0 Å². The van der Waals surface area contributed by atoms with Gasteiger partial charge in [-0.25, -0.2) is 13.2 Å². The monoisotopic (exact) mass is 438 g/mol. The van der Waals surface area contributed by atoms with Gasteiger partial charge in [0, 0.05) is 25.2 Å². The number of benzene rings is 1. The van der Waals surface area contributed by atoms with Crippen LogP contribution in [0.2, 0.25) is 0 Å². The van der Waals surface area contributed by atoms with Gasteiger partial charge in [-0.15, -0.1) is 0 Å². The first-order valence-corrected chi connectivity index (χ1v) is 12.0. The molecule has 30 heavy (non-hydrogen) atoms. The smallest absolute Gasteiger partial charge is 0.338 e. The lowest BCUT2D eigenvalue weighted by atomic mass is 9.94. The van der Waals surface area contributed by atoms with Crippen molar-refractivity contribution in [3.63, 3.8) is 0 Å². The average Bonchev–Trinajstić information content (AvgIpc) is 2.64. The van der Waals surface area contributed by atoms with Gasteiger partial charge in [0.05, 0.1) is 10.5 Å². The third kappa shape index (κ3) is 5.82. The molecule has 0 aliphatic carbocycles. The number of rotatable bonds is 7. The predicted molar refractivity (Wildman–Crippen MR) is 116 cm³/mol. The van der Waals surface area contributed by atoms with E-state index >= 15 is 0 Å². The topological polar surface area (TPSA) is 84.0 Å². The van der Waals surface area contributed by atoms with Crippen LogP contribution in [-0.4, -0.2) is 61.3 Å². The zero-order valence-corrected chi connectivity index (χ0v) is 19.6. The molecule has 8 heteroatoms. The summed E-state index contributed by atoms with van der Waals surface area (Å²) in [4.78, 5) is 26.6. The molecule has 168 valence electrons. The van der Waals surface area contributed by atoms with E-state index in [2.05, 4.69) is 0 Å². The van der Waals surface area contributed by atoms with Gasteiger partial charge in [-0.1, -0.05) is 19.9 Å². The lowest BCUT2D eigenvalue weighted by Gasteiger charge is -2.34. The van der Waals surface area contributed by atoms with E-state index in [1.165, 1.54) is 28.6 Å². The molecule has 0 saturated carbocycles. The summed E-state index contributed by atoms with van der Waals surface area (Å²) in [6.07, 6.45) is 0.996. The highest BCUT2D eigenvalue weighted by atomic mass is 32.2. The fourth-order valence-electron chi connectivity index (χ4n) is 4.19. The molecule has 1 heterocycles. The van der Waals surface area contributed by atoms with E-state index in [1.54, 1.807) is 4.90 Å². The molecule has 0 bridgehead atoms. The molecule has 1 saturated heterocycles. The predicted octanol–water partition coefficient (Wildman–Crippen LogP) is 3.16. The number of hydrogen-bond acceptors (Lipinski definition) is 5. The Morgan fingerprint density at radius 2 is 1.67 bits per heavy atom. The van der Waals surface area contributed by atoms with Gasteiger partial charge in [0.1, 0.15) is 0 Å². The summed E-state index contributed by atoms with van der Waals surface area (Å²) in [7, 11) is -3.70. The Morgan fingerprint density at radius 1 is 1.10 bits per heavy atom. The highest BCUT2D eigenvalue weighted by Crippen LogP contribution is 2.27. The van der Waals surface area contributed by atoms with Crippen LogP contribution in [0.1, 0.15) is 58.3 Å². The molecule has 1 aliphatic rings. The number of sulfonamides is 1. The van der Waals surface area contributed by atoms with Crippen molar-refractivity contribution in [2.75, 3.05) is 19.7 Å². The van der Waals surface area contributed by atoms with Gasteiger partial charge in [-0.3, -0.25) is 4.79 Å². The molecule has 2 atom stereocenters. The van der Waals surface area contributed by atoms with Gasteiger partial charge in [0.15, 0.2) is 6.61 Å². The van der Waals surface area contributed by atoms with Crippen molar-refractivity contribution < 1.29 is 22.7 Å². The van der Waals surface area contributed by atoms with Crippen molar-refractivity contribution >= 4 is 21.9 Å². The van der Waals surface area contributed by atoms with Crippen LogP contribution in [0, 0.1) is 11.8 Å². The third-order valence-corrected chi connectivity index (χ3v) is 7.10. The molecule has 2 rings (SSSR count). The Bertz CT molecular complexity index is 848. The maximum absolute atomic E-state index is 13.1. The van der Waals surface area contributed by atoms with Crippen LogP contribution in [0.5, 0.6) is 0 Å². The molecule has 1 aromatic rings. The van der Waals surface area contributed by atoms with Crippen molar-refractivity contribution in [2.45, 2.75) is 64.9 Å². The van der Waals surface area contributed by atoms with Gasteiger partial charge in [-0.2, -0.15) is 4.31 Å².